The van der Waals surface area contributed by atoms with E-state index in [1.165, 1.54) is 0 Å². The maximum atomic E-state index is 12.0. The van der Waals surface area contributed by atoms with E-state index in [1.807, 2.05) is 6.20 Å². The van der Waals surface area contributed by atoms with Crippen molar-refractivity contribution in [1.82, 2.24) is 14.9 Å². The molecule has 2 heterocycles. The van der Waals surface area contributed by atoms with Crippen LogP contribution in [-0.4, -0.2) is 21.6 Å². The van der Waals surface area contributed by atoms with Crippen molar-refractivity contribution >= 4 is 34.9 Å². The standard InChI is InChI=1S/C14H14Cl2N4O/c15-9-1-3-11(16)12(7-9)19-14(21)18-10-2-4-13-17-5-6-20(13)8-10/h1,3,5-7,10H,2,4,8H2,(H2,18,19,21)/t10-/m1/s1. The van der Waals surface area contributed by atoms with Gasteiger partial charge in [-0.3, -0.25) is 0 Å². The highest BCUT2D eigenvalue weighted by Crippen LogP contribution is 2.25. The molecule has 5 nitrogen and oxygen atoms in total. The van der Waals surface area contributed by atoms with Gasteiger partial charge in [-0.1, -0.05) is 23.2 Å². The van der Waals surface area contributed by atoms with Crippen molar-refractivity contribution in [3.05, 3.63) is 46.5 Å². The number of halogens is 2. The lowest BCUT2D eigenvalue weighted by Gasteiger charge is -2.24. The van der Waals surface area contributed by atoms with E-state index in [9.17, 15) is 4.79 Å². The molecule has 2 amide bonds. The number of carbonyl (C=O) groups is 1. The van der Waals surface area contributed by atoms with Crippen molar-refractivity contribution < 1.29 is 4.79 Å². The highest BCUT2D eigenvalue weighted by atomic mass is 35.5. The Bertz CT molecular complexity index is 671. The highest BCUT2D eigenvalue weighted by molar-refractivity contribution is 6.35. The summed E-state index contributed by atoms with van der Waals surface area (Å²) >= 11 is 11.9. The molecule has 0 saturated carbocycles. The number of nitrogens with zero attached hydrogens (tertiary/aromatic N) is 2. The number of hydrogen-bond acceptors (Lipinski definition) is 2. The summed E-state index contributed by atoms with van der Waals surface area (Å²) in [5.41, 5.74) is 0.501. The minimum Gasteiger partial charge on any atom is -0.333 e. The van der Waals surface area contributed by atoms with Gasteiger partial charge in [0.15, 0.2) is 0 Å². The molecule has 1 aliphatic heterocycles. The van der Waals surface area contributed by atoms with Gasteiger partial charge in [0, 0.05) is 36.4 Å². The predicted octanol–water partition coefficient (Wildman–Crippen LogP) is 3.33. The molecule has 0 fully saturated rings. The van der Waals surface area contributed by atoms with Gasteiger partial charge in [-0.2, -0.15) is 0 Å². The van der Waals surface area contributed by atoms with Crippen LogP contribution in [0.5, 0.6) is 0 Å². The van der Waals surface area contributed by atoms with E-state index < -0.39 is 0 Å². The topological polar surface area (TPSA) is 59.0 Å². The lowest BCUT2D eigenvalue weighted by Crippen LogP contribution is -2.43. The van der Waals surface area contributed by atoms with Gasteiger partial charge in [-0.15, -0.1) is 0 Å². The van der Waals surface area contributed by atoms with Crippen LogP contribution in [0.25, 0.3) is 0 Å². The number of anilines is 1. The number of urea groups is 1. The Kier molecular flexibility index (Phi) is 4.03. The molecule has 0 unspecified atom stereocenters. The Morgan fingerprint density at radius 2 is 2.24 bits per heavy atom. The maximum absolute atomic E-state index is 12.0. The van der Waals surface area contributed by atoms with E-state index in [0.717, 1.165) is 25.2 Å². The fraction of sp³-hybridized carbons (Fsp3) is 0.286. The van der Waals surface area contributed by atoms with Crippen LogP contribution in [0, 0.1) is 0 Å². The van der Waals surface area contributed by atoms with Crippen LogP contribution in [0.2, 0.25) is 10.0 Å². The van der Waals surface area contributed by atoms with Crippen molar-refractivity contribution in [1.29, 1.82) is 0 Å². The van der Waals surface area contributed by atoms with Crippen LogP contribution < -0.4 is 10.6 Å². The van der Waals surface area contributed by atoms with Crippen LogP contribution in [0.15, 0.2) is 30.6 Å². The molecule has 1 atom stereocenters. The smallest absolute Gasteiger partial charge is 0.319 e. The first-order valence-electron chi connectivity index (χ1n) is 6.64. The van der Waals surface area contributed by atoms with Crippen LogP contribution in [0.3, 0.4) is 0 Å². The minimum atomic E-state index is -0.285. The average Bonchev–Trinajstić information content (AvgIpc) is 2.90. The number of hydrogen-bond donors (Lipinski definition) is 2. The zero-order valence-electron chi connectivity index (χ0n) is 11.1. The summed E-state index contributed by atoms with van der Waals surface area (Å²) in [7, 11) is 0. The molecule has 7 heteroatoms. The molecule has 1 aromatic heterocycles. The lowest BCUT2D eigenvalue weighted by molar-refractivity contribution is 0.244. The minimum absolute atomic E-state index is 0.0738. The number of carbonyl (C=O) groups excluding carboxylic acids is 1. The third-order valence-electron chi connectivity index (χ3n) is 3.45. The Morgan fingerprint density at radius 1 is 1.38 bits per heavy atom. The van der Waals surface area contributed by atoms with Crippen LogP contribution in [-0.2, 0) is 13.0 Å². The van der Waals surface area contributed by atoms with Crippen molar-refractivity contribution in [2.45, 2.75) is 25.4 Å². The summed E-state index contributed by atoms with van der Waals surface area (Å²) in [5, 5.41) is 6.65. The number of aromatic nitrogens is 2. The molecule has 0 saturated heterocycles. The normalized spacial score (nSPS) is 17.1. The van der Waals surface area contributed by atoms with Crippen molar-refractivity contribution in [3.8, 4) is 0 Å². The fourth-order valence-electron chi connectivity index (χ4n) is 2.42. The fourth-order valence-corrected chi connectivity index (χ4v) is 2.76. The second-order valence-corrected chi connectivity index (χ2v) is 5.80. The van der Waals surface area contributed by atoms with E-state index in [4.69, 9.17) is 23.2 Å². The van der Waals surface area contributed by atoms with Gasteiger partial charge in [0.25, 0.3) is 0 Å². The molecule has 1 aromatic carbocycles. The van der Waals surface area contributed by atoms with Gasteiger partial charge in [-0.25, -0.2) is 9.78 Å². The number of benzene rings is 1. The quantitative estimate of drug-likeness (QED) is 0.890. The van der Waals surface area contributed by atoms with E-state index in [1.54, 1.807) is 24.4 Å². The summed E-state index contributed by atoms with van der Waals surface area (Å²) < 4.78 is 2.06. The van der Waals surface area contributed by atoms with Crippen molar-refractivity contribution in [2.24, 2.45) is 0 Å². The van der Waals surface area contributed by atoms with Crippen molar-refractivity contribution in [3.63, 3.8) is 0 Å². The van der Waals surface area contributed by atoms with E-state index in [0.29, 0.717) is 15.7 Å². The second-order valence-electron chi connectivity index (χ2n) is 4.95. The molecular formula is C14H14Cl2N4O. The molecule has 0 spiro atoms. The summed E-state index contributed by atoms with van der Waals surface area (Å²) in [4.78, 5) is 16.3. The molecule has 110 valence electrons. The maximum Gasteiger partial charge on any atom is 0.319 e. The summed E-state index contributed by atoms with van der Waals surface area (Å²) in [6.45, 7) is 0.728. The van der Waals surface area contributed by atoms with E-state index >= 15 is 0 Å². The molecular weight excluding hydrogens is 311 g/mol. The lowest BCUT2D eigenvalue weighted by atomic mass is 10.1. The number of aryl methyl sites for hydroxylation is 1. The summed E-state index contributed by atoms with van der Waals surface area (Å²) in [6, 6.07) is 4.74. The summed E-state index contributed by atoms with van der Waals surface area (Å²) in [6.07, 6.45) is 5.43. The molecule has 0 radical (unpaired) electrons. The van der Waals surface area contributed by atoms with E-state index in [2.05, 4.69) is 20.2 Å². The molecule has 2 aromatic rings. The molecule has 0 aliphatic carbocycles. The van der Waals surface area contributed by atoms with Gasteiger partial charge in [0.2, 0.25) is 0 Å². The predicted molar refractivity (Wildman–Crippen MR) is 83.0 cm³/mol. The van der Waals surface area contributed by atoms with Gasteiger partial charge in [0.05, 0.1) is 10.7 Å². The van der Waals surface area contributed by atoms with Gasteiger partial charge in [0.1, 0.15) is 5.82 Å². The van der Waals surface area contributed by atoms with Crippen LogP contribution >= 0.6 is 23.2 Å². The number of amides is 2. The number of imidazole rings is 1. The first kappa shape index (κ1) is 14.2. The first-order valence-corrected chi connectivity index (χ1v) is 7.40. The molecule has 0 bridgehead atoms. The zero-order valence-corrected chi connectivity index (χ0v) is 12.7. The Labute approximate surface area is 132 Å². The molecule has 21 heavy (non-hydrogen) atoms. The molecule has 3 rings (SSSR count). The largest absolute Gasteiger partial charge is 0.333 e. The second kappa shape index (κ2) is 5.95. The van der Waals surface area contributed by atoms with Gasteiger partial charge < -0.3 is 15.2 Å². The first-order chi connectivity index (χ1) is 10.1. The molecule has 1 aliphatic rings. The van der Waals surface area contributed by atoms with Gasteiger partial charge in [-0.05, 0) is 24.6 Å². The number of fused-ring (bicyclic) bond motifs is 1. The van der Waals surface area contributed by atoms with Gasteiger partial charge >= 0.3 is 6.03 Å². The summed E-state index contributed by atoms with van der Waals surface area (Å²) in [5.74, 6) is 1.06. The number of nitrogens with one attached hydrogen (secondary N) is 2. The highest BCUT2D eigenvalue weighted by Gasteiger charge is 2.20. The zero-order chi connectivity index (χ0) is 14.8. The Hall–Kier alpha value is -1.72. The SMILES string of the molecule is O=C(Nc1cc(Cl)ccc1Cl)N[C@@H]1CCc2nccn2C1. The third kappa shape index (κ3) is 3.31. The van der Waals surface area contributed by atoms with Crippen molar-refractivity contribution in [2.75, 3.05) is 5.32 Å². The van der Waals surface area contributed by atoms with Crippen LogP contribution in [0.4, 0.5) is 10.5 Å². The third-order valence-corrected chi connectivity index (χ3v) is 4.01. The number of rotatable bonds is 2. The Balaban J connectivity index is 1.61. The average molecular weight is 325 g/mol. The Morgan fingerprint density at radius 3 is 3.10 bits per heavy atom. The molecule has 2 N–H and O–H groups in total. The monoisotopic (exact) mass is 324 g/mol. The van der Waals surface area contributed by atoms with E-state index in [-0.39, 0.29) is 12.1 Å². The van der Waals surface area contributed by atoms with Crippen LogP contribution in [0.1, 0.15) is 12.2 Å².